The van der Waals surface area contributed by atoms with Gasteiger partial charge in [-0.15, -0.1) is 10.2 Å². The molecular weight excluding hydrogens is 377 g/mol. The number of hydrogen-bond acceptors (Lipinski definition) is 6. The molecule has 28 heavy (non-hydrogen) atoms. The summed E-state index contributed by atoms with van der Waals surface area (Å²) in [6.45, 7) is 1.89. The highest BCUT2D eigenvalue weighted by molar-refractivity contribution is 7.99. The van der Waals surface area contributed by atoms with Crippen molar-refractivity contribution in [3.63, 3.8) is 0 Å². The van der Waals surface area contributed by atoms with Crippen molar-refractivity contribution >= 4 is 28.3 Å². The second kappa shape index (κ2) is 6.38. The topological polar surface area (TPSA) is 73.8 Å². The maximum absolute atomic E-state index is 14.7. The lowest BCUT2D eigenvalue weighted by atomic mass is 10.1. The van der Waals surface area contributed by atoms with Crippen LogP contribution in [0, 0.1) is 12.7 Å². The van der Waals surface area contributed by atoms with Gasteiger partial charge in [0.1, 0.15) is 5.82 Å². The lowest BCUT2D eigenvalue weighted by Gasteiger charge is -2.06. The smallest absolute Gasteiger partial charge is 0.217 e. The van der Waals surface area contributed by atoms with E-state index >= 15 is 0 Å². The van der Waals surface area contributed by atoms with Crippen LogP contribution >= 0.6 is 11.8 Å². The highest BCUT2D eigenvalue weighted by Gasteiger charge is 2.14. The van der Waals surface area contributed by atoms with E-state index in [9.17, 15) is 4.39 Å². The summed E-state index contributed by atoms with van der Waals surface area (Å²) in [5.74, 6) is -0.358. The zero-order valence-corrected chi connectivity index (χ0v) is 15.9. The van der Waals surface area contributed by atoms with Crippen LogP contribution in [0.15, 0.2) is 59.0 Å². The minimum Gasteiger partial charge on any atom is -0.275 e. The molecule has 7 nitrogen and oxygen atoms in total. The third-order valence-corrected chi connectivity index (χ3v) is 5.31. The first-order chi connectivity index (χ1) is 13.6. The van der Waals surface area contributed by atoms with Gasteiger partial charge in [0, 0.05) is 42.0 Å². The van der Waals surface area contributed by atoms with Gasteiger partial charge >= 0.3 is 0 Å². The normalized spacial score (nSPS) is 11.5. The molecule has 0 saturated carbocycles. The van der Waals surface area contributed by atoms with Gasteiger partial charge in [0.25, 0.3) is 0 Å². The predicted molar refractivity (Wildman–Crippen MR) is 104 cm³/mol. The SMILES string of the molecule is Cc1ccc2nnc(Sc3cc4cc(-c5cnn(C)c5)cnc4cc3F)n2n1. The van der Waals surface area contributed by atoms with Crippen molar-refractivity contribution in [2.45, 2.75) is 17.0 Å². The van der Waals surface area contributed by atoms with Crippen LogP contribution in [0.5, 0.6) is 0 Å². The van der Waals surface area contributed by atoms with Crippen molar-refractivity contribution in [3.05, 3.63) is 60.4 Å². The summed E-state index contributed by atoms with van der Waals surface area (Å²) < 4.78 is 18.0. The van der Waals surface area contributed by atoms with Gasteiger partial charge in [-0.05, 0) is 43.0 Å². The van der Waals surface area contributed by atoms with E-state index in [1.165, 1.54) is 17.8 Å². The zero-order valence-electron chi connectivity index (χ0n) is 15.0. The summed E-state index contributed by atoms with van der Waals surface area (Å²) in [5, 5.41) is 18.2. The molecule has 9 heteroatoms. The minimum atomic E-state index is -0.358. The number of aryl methyl sites for hydroxylation is 2. The lowest BCUT2D eigenvalue weighted by molar-refractivity contribution is 0.603. The third-order valence-electron chi connectivity index (χ3n) is 4.34. The molecule has 4 aromatic heterocycles. The van der Waals surface area contributed by atoms with E-state index in [0.717, 1.165) is 22.2 Å². The summed E-state index contributed by atoms with van der Waals surface area (Å²) in [4.78, 5) is 4.84. The molecule has 0 aliphatic rings. The van der Waals surface area contributed by atoms with Crippen LogP contribution in [0.3, 0.4) is 0 Å². The Bertz CT molecular complexity index is 1340. The van der Waals surface area contributed by atoms with Crippen molar-refractivity contribution in [3.8, 4) is 11.1 Å². The first-order valence-electron chi connectivity index (χ1n) is 8.52. The van der Waals surface area contributed by atoms with Gasteiger partial charge in [-0.25, -0.2) is 4.39 Å². The highest BCUT2D eigenvalue weighted by atomic mass is 32.2. The third kappa shape index (κ3) is 2.89. The van der Waals surface area contributed by atoms with Crippen molar-refractivity contribution < 1.29 is 4.39 Å². The number of hydrogen-bond donors (Lipinski definition) is 0. The van der Waals surface area contributed by atoms with E-state index in [4.69, 9.17) is 0 Å². The van der Waals surface area contributed by atoms with E-state index in [-0.39, 0.29) is 5.82 Å². The monoisotopic (exact) mass is 391 g/mol. The fourth-order valence-electron chi connectivity index (χ4n) is 2.96. The number of fused-ring (bicyclic) bond motifs is 2. The second-order valence-corrected chi connectivity index (χ2v) is 7.44. The molecule has 5 rings (SSSR count). The summed E-state index contributed by atoms with van der Waals surface area (Å²) in [5.41, 5.74) is 3.93. The van der Waals surface area contributed by atoms with Crippen LogP contribution in [0.25, 0.3) is 27.7 Å². The van der Waals surface area contributed by atoms with E-state index < -0.39 is 0 Å². The Kier molecular flexibility index (Phi) is 3.83. The van der Waals surface area contributed by atoms with E-state index in [1.54, 1.807) is 27.7 Å². The van der Waals surface area contributed by atoms with Crippen molar-refractivity contribution in [1.29, 1.82) is 0 Å². The average molecular weight is 391 g/mol. The van der Waals surface area contributed by atoms with Gasteiger partial charge in [-0.2, -0.15) is 14.7 Å². The van der Waals surface area contributed by atoms with Gasteiger partial charge in [0.05, 0.1) is 22.3 Å². The maximum atomic E-state index is 14.7. The molecule has 0 spiro atoms. The molecule has 0 aliphatic heterocycles. The van der Waals surface area contributed by atoms with E-state index in [1.807, 2.05) is 38.4 Å². The predicted octanol–water partition coefficient (Wildman–Crippen LogP) is 3.67. The Morgan fingerprint density at radius 2 is 1.93 bits per heavy atom. The molecule has 138 valence electrons. The van der Waals surface area contributed by atoms with Crippen LogP contribution in [0.1, 0.15) is 5.69 Å². The van der Waals surface area contributed by atoms with Gasteiger partial charge in [-0.3, -0.25) is 9.67 Å². The summed E-state index contributed by atoms with van der Waals surface area (Å²) in [6, 6.07) is 8.89. The van der Waals surface area contributed by atoms with Crippen molar-refractivity contribution in [1.82, 2.24) is 34.6 Å². The Balaban J connectivity index is 1.58. The summed E-state index contributed by atoms with van der Waals surface area (Å²) >= 11 is 1.19. The summed E-state index contributed by atoms with van der Waals surface area (Å²) in [6.07, 6.45) is 5.42. The van der Waals surface area contributed by atoms with Crippen LogP contribution in [0.2, 0.25) is 0 Å². The Hall–Kier alpha value is -3.33. The highest BCUT2D eigenvalue weighted by Crippen LogP contribution is 2.32. The largest absolute Gasteiger partial charge is 0.275 e. The van der Waals surface area contributed by atoms with Gasteiger partial charge < -0.3 is 0 Å². The minimum absolute atomic E-state index is 0.358. The molecule has 0 bridgehead atoms. The fourth-order valence-corrected chi connectivity index (χ4v) is 3.80. The molecule has 4 heterocycles. The number of nitrogens with zero attached hydrogens (tertiary/aromatic N) is 7. The number of pyridine rings is 1. The molecule has 0 fully saturated rings. The molecule has 0 atom stereocenters. The first-order valence-corrected chi connectivity index (χ1v) is 9.34. The van der Waals surface area contributed by atoms with Crippen LogP contribution in [-0.2, 0) is 7.05 Å². The molecule has 0 unspecified atom stereocenters. The Morgan fingerprint density at radius 3 is 2.75 bits per heavy atom. The van der Waals surface area contributed by atoms with Gasteiger partial charge in [0.15, 0.2) is 5.65 Å². The lowest BCUT2D eigenvalue weighted by Crippen LogP contribution is -1.96. The standard InChI is InChI=1S/C19H14FN7S/c1-11-3-4-18-23-24-19(27(18)25-11)28-17-6-12-5-13(14-9-22-26(2)10-14)8-21-16(12)7-15(17)20/h3-10H,1-2H3. The molecule has 0 N–H and O–H groups in total. The second-order valence-electron chi connectivity index (χ2n) is 6.43. The average Bonchev–Trinajstić information content (AvgIpc) is 3.28. The first kappa shape index (κ1) is 16.8. The fraction of sp³-hybridized carbons (Fsp3) is 0.105. The quantitative estimate of drug-likeness (QED) is 0.467. The number of rotatable bonds is 3. The molecule has 0 saturated heterocycles. The van der Waals surface area contributed by atoms with Crippen molar-refractivity contribution in [2.24, 2.45) is 7.05 Å². The molecule has 0 amide bonds. The number of aromatic nitrogens is 7. The number of halogens is 1. The van der Waals surface area contributed by atoms with Crippen LogP contribution in [0.4, 0.5) is 4.39 Å². The maximum Gasteiger partial charge on any atom is 0.217 e. The zero-order chi connectivity index (χ0) is 19.3. The summed E-state index contributed by atoms with van der Waals surface area (Å²) in [7, 11) is 1.86. The van der Waals surface area contributed by atoms with E-state index in [2.05, 4.69) is 25.4 Å². The Morgan fingerprint density at radius 1 is 1.04 bits per heavy atom. The Labute approximate surface area is 163 Å². The van der Waals surface area contributed by atoms with Crippen molar-refractivity contribution in [2.75, 3.05) is 0 Å². The van der Waals surface area contributed by atoms with Gasteiger partial charge in [0.2, 0.25) is 5.16 Å². The van der Waals surface area contributed by atoms with Gasteiger partial charge in [-0.1, -0.05) is 0 Å². The van der Waals surface area contributed by atoms with Crippen LogP contribution in [-0.4, -0.2) is 34.6 Å². The number of benzene rings is 1. The van der Waals surface area contributed by atoms with Crippen LogP contribution < -0.4 is 0 Å². The molecular formula is C19H14FN7S. The molecule has 5 aromatic rings. The molecule has 0 radical (unpaired) electrons. The molecule has 0 aliphatic carbocycles. The molecule has 1 aromatic carbocycles. The van der Waals surface area contributed by atoms with E-state index in [0.29, 0.717) is 21.2 Å².